The molecule has 0 saturated heterocycles. The zero-order valence-electron chi connectivity index (χ0n) is 21.1. The Morgan fingerprint density at radius 2 is 1.80 bits per heavy atom. The lowest BCUT2D eigenvalue weighted by Gasteiger charge is -2.10. The summed E-state index contributed by atoms with van der Waals surface area (Å²) in [6.45, 7) is 10.2. The first-order valence-electron chi connectivity index (χ1n) is 11.3. The van der Waals surface area contributed by atoms with Crippen molar-refractivity contribution >= 4 is 22.6 Å². The fourth-order valence-corrected chi connectivity index (χ4v) is 2.44. The third kappa shape index (κ3) is 10.3. The van der Waals surface area contributed by atoms with E-state index in [0.29, 0.717) is 16.9 Å². The van der Waals surface area contributed by atoms with Crippen LogP contribution in [0, 0.1) is 11.8 Å². The predicted molar refractivity (Wildman–Crippen MR) is 135 cm³/mol. The number of fused-ring (bicyclic) bond motifs is 1. The zero-order chi connectivity index (χ0) is 26.5. The Kier molecular flexibility index (Phi) is 12.8. The Morgan fingerprint density at radius 3 is 2.29 bits per heavy atom. The average Bonchev–Trinajstić information content (AvgIpc) is 3.23. The maximum Gasteiger partial charge on any atom is 0.253 e. The van der Waals surface area contributed by atoms with Gasteiger partial charge in [-0.3, -0.25) is 9.78 Å². The van der Waals surface area contributed by atoms with Gasteiger partial charge in [0.15, 0.2) is 0 Å². The maximum atomic E-state index is 12.2. The molecule has 0 aliphatic rings. The predicted octanol–water partition coefficient (Wildman–Crippen LogP) is 3.85. The molecular weight excluding hydrogens is 456 g/mol. The van der Waals surface area contributed by atoms with Gasteiger partial charge in [0.05, 0.1) is 17.9 Å². The number of aromatic amines is 1. The third-order valence-corrected chi connectivity index (χ3v) is 5.13. The number of amides is 1. The van der Waals surface area contributed by atoms with Crippen LogP contribution in [-0.4, -0.2) is 57.7 Å². The normalized spacial score (nSPS) is 11.7. The van der Waals surface area contributed by atoms with E-state index in [0.717, 1.165) is 28.3 Å². The summed E-state index contributed by atoms with van der Waals surface area (Å²) >= 11 is 0. The van der Waals surface area contributed by atoms with Crippen LogP contribution in [0.2, 0.25) is 0 Å². The van der Waals surface area contributed by atoms with Crippen molar-refractivity contribution in [3.63, 3.8) is 0 Å². The van der Waals surface area contributed by atoms with Crippen LogP contribution in [0.5, 0.6) is 0 Å². The summed E-state index contributed by atoms with van der Waals surface area (Å²) in [7, 11) is 1.45. The standard InChI is InChI=1S/C16H17N5O2.C6H14.C2H6F2N2/c1-9(8-22)21-16(23)11-3-13-14(7-20-15(13)19-5-11)10-2-12(17)6-18-4-10;1-5(2)6(3)4;1-5-2-6(3)4/h2-7,9,22H,8,17H2,1H3,(H,19,20)(H,21,23);5-6H,1-4H3;5H,2H2,1H3. The SMILES string of the molecule is CC(C)C(C)C.CC(CO)NC(=O)c1cnc2[nH]cc(-c3cncc(N)c3)c2c1.CNCN(F)F. The summed E-state index contributed by atoms with van der Waals surface area (Å²) in [6.07, 6.45) is 6.59. The Hall–Kier alpha value is -3.15. The molecule has 0 aliphatic carbocycles. The number of pyridine rings is 2. The van der Waals surface area contributed by atoms with E-state index in [1.54, 1.807) is 25.4 Å². The lowest BCUT2D eigenvalue weighted by atomic mass is 10.0. The van der Waals surface area contributed by atoms with Crippen molar-refractivity contribution in [1.29, 1.82) is 0 Å². The van der Waals surface area contributed by atoms with Gasteiger partial charge in [0.25, 0.3) is 5.91 Å². The van der Waals surface area contributed by atoms with Gasteiger partial charge in [-0.2, -0.15) is 0 Å². The minimum atomic E-state index is -0.931. The van der Waals surface area contributed by atoms with Crippen LogP contribution >= 0.6 is 0 Å². The molecule has 0 fully saturated rings. The molecule has 0 saturated carbocycles. The smallest absolute Gasteiger partial charge is 0.253 e. The molecule has 3 aromatic heterocycles. The average molecular weight is 494 g/mol. The molecule has 11 heteroatoms. The second-order valence-corrected chi connectivity index (χ2v) is 8.69. The van der Waals surface area contributed by atoms with E-state index in [9.17, 15) is 13.8 Å². The van der Waals surface area contributed by atoms with Crippen LogP contribution < -0.4 is 16.4 Å². The topological polar surface area (TPSA) is 132 Å². The van der Waals surface area contributed by atoms with E-state index < -0.39 is 5.34 Å². The van der Waals surface area contributed by atoms with E-state index in [4.69, 9.17) is 10.8 Å². The van der Waals surface area contributed by atoms with Crippen molar-refractivity contribution in [3.8, 4) is 11.1 Å². The molecule has 6 N–H and O–H groups in total. The molecule has 9 nitrogen and oxygen atoms in total. The number of halogens is 2. The van der Waals surface area contributed by atoms with Crippen LogP contribution in [0.25, 0.3) is 22.2 Å². The fraction of sp³-hybridized carbons (Fsp3) is 0.458. The number of anilines is 1. The molecule has 35 heavy (non-hydrogen) atoms. The molecule has 0 spiro atoms. The molecule has 0 radical (unpaired) electrons. The quantitative estimate of drug-likeness (QED) is 0.249. The number of nitrogens with one attached hydrogen (secondary N) is 3. The molecule has 1 atom stereocenters. The van der Waals surface area contributed by atoms with Crippen molar-refractivity contribution in [3.05, 3.63) is 42.5 Å². The Morgan fingerprint density at radius 1 is 1.14 bits per heavy atom. The monoisotopic (exact) mass is 493 g/mol. The number of carbonyl (C=O) groups is 1. The van der Waals surface area contributed by atoms with Crippen molar-refractivity contribution < 1.29 is 18.9 Å². The van der Waals surface area contributed by atoms with Gasteiger partial charge < -0.3 is 26.5 Å². The summed E-state index contributed by atoms with van der Waals surface area (Å²) in [5.41, 5.74) is 9.17. The first-order chi connectivity index (χ1) is 16.5. The van der Waals surface area contributed by atoms with E-state index in [1.807, 2.05) is 12.3 Å². The van der Waals surface area contributed by atoms with Gasteiger partial charge in [-0.25, -0.2) is 4.98 Å². The van der Waals surface area contributed by atoms with Crippen LogP contribution in [0.1, 0.15) is 45.0 Å². The summed E-state index contributed by atoms with van der Waals surface area (Å²) in [5, 5.41) is 13.9. The Labute approximate surface area is 205 Å². The maximum absolute atomic E-state index is 12.2. The fourth-order valence-electron chi connectivity index (χ4n) is 2.44. The van der Waals surface area contributed by atoms with E-state index in [-0.39, 0.29) is 25.2 Å². The largest absolute Gasteiger partial charge is 0.397 e. The number of nitrogens with two attached hydrogens (primary N) is 1. The Balaban J connectivity index is 0.000000425. The van der Waals surface area contributed by atoms with Crippen molar-refractivity contribution in [1.82, 2.24) is 30.9 Å². The lowest BCUT2D eigenvalue weighted by Crippen LogP contribution is -2.35. The van der Waals surface area contributed by atoms with Gasteiger partial charge in [0.1, 0.15) is 12.3 Å². The number of aliphatic hydroxyl groups is 1. The van der Waals surface area contributed by atoms with Crippen molar-refractivity contribution in [2.75, 3.05) is 26.1 Å². The highest BCUT2D eigenvalue weighted by molar-refractivity contribution is 6.01. The van der Waals surface area contributed by atoms with Gasteiger partial charge in [0, 0.05) is 52.7 Å². The highest BCUT2D eigenvalue weighted by atomic mass is 19.4. The van der Waals surface area contributed by atoms with Crippen LogP contribution in [0.4, 0.5) is 14.6 Å². The van der Waals surface area contributed by atoms with Gasteiger partial charge in [0.2, 0.25) is 0 Å². The van der Waals surface area contributed by atoms with Gasteiger partial charge in [-0.15, -0.1) is 8.96 Å². The number of rotatable bonds is 7. The number of aromatic nitrogens is 3. The second kappa shape index (κ2) is 15.0. The number of hydrogen-bond acceptors (Lipinski definition) is 7. The summed E-state index contributed by atoms with van der Waals surface area (Å²) < 4.78 is 21.6. The van der Waals surface area contributed by atoms with E-state index in [1.165, 1.54) is 13.2 Å². The van der Waals surface area contributed by atoms with Crippen LogP contribution in [-0.2, 0) is 0 Å². The minimum absolute atomic E-state index is 0.119. The van der Waals surface area contributed by atoms with Gasteiger partial charge in [-0.05, 0) is 37.9 Å². The third-order valence-electron chi connectivity index (χ3n) is 5.13. The summed E-state index contributed by atoms with van der Waals surface area (Å²) in [5.74, 6) is 1.42. The molecule has 0 aliphatic heterocycles. The number of H-pyrrole nitrogens is 1. The molecule has 194 valence electrons. The first-order valence-corrected chi connectivity index (χ1v) is 11.3. The van der Waals surface area contributed by atoms with Crippen LogP contribution in [0.3, 0.4) is 0 Å². The zero-order valence-corrected chi connectivity index (χ0v) is 21.1. The molecule has 0 aromatic carbocycles. The number of nitrogen functional groups attached to an aromatic ring is 1. The summed E-state index contributed by atoms with van der Waals surface area (Å²) in [4.78, 5) is 23.6. The Bertz CT molecular complexity index is 1040. The molecule has 3 aromatic rings. The molecule has 3 rings (SSSR count). The highest BCUT2D eigenvalue weighted by Gasteiger charge is 2.13. The lowest BCUT2D eigenvalue weighted by molar-refractivity contribution is -0.156. The molecule has 1 amide bonds. The van der Waals surface area contributed by atoms with Gasteiger partial charge in [-0.1, -0.05) is 27.7 Å². The molecule has 3 heterocycles. The minimum Gasteiger partial charge on any atom is -0.397 e. The van der Waals surface area contributed by atoms with E-state index >= 15 is 0 Å². The first kappa shape index (κ1) is 29.9. The van der Waals surface area contributed by atoms with Crippen molar-refractivity contribution in [2.45, 2.75) is 40.7 Å². The van der Waals surface area contributed by atoms with Gasteiger partial charge >= 0.3 is 0 Å². The number of hydrogen-bond donors (Lipinski definition) is 5. The second-order valence-electron chi connectivity index (χ2n) is 8.69. The number of aliphatic hydroxyl groups excluding tert-OH is 1. The highest BCUT2D eigenvalue weighted by Crippen LogP contribution is 2.28. The summed E-state index contributed by atoms with van der Waals surface area (Å²) in [6, 6.07) is 3.26. The van der Waals surface area contributed by atoms with Crippen LogP contribution in [0.15, 0.2) is 36.9 Å². The van der Waals surface area contributed by atoms with E-state index in [2.05, 4.69) is 53.3 Å². The number of nitrogens with zero attached hydrogens (tertiary/aromatic N) is 3. The molecule has 0 bridgehead atoms. The van der Waals surface area contributed by atoms with Crippen molar-refractivity contribution in [2.24, 2.45) is 11.8 Å². The number of carbonyl (C=O) groups excluding carboxylic acids is 1. The molecular formula is C24H37F2N7O2. The molecule has 1 unspecified atom stereocenters.